The van der Waals surface area contributed by atoms with Gasteiger partial charge in [0, 0.05) is 45.5 Å². The van der Waals surface area contributed by atoms with Crippen LogP contribution in [0.25, 0.3) is 0 Å². The molecule has 1 aliphatic heterocycles. The first-order chi connectivity index (χ1) is 9.69. The Bertz CT molecular complexity index is 415. The standard InChI is InChI=1S/C15H24N2O3/c1-18-13-7-5-4-6-11(13)12(16)8-17-9-14(19-2)15(10-17)20-3/h4-7,12,14-15H,8-10,16H2,1-3H3. The van der Waals surface area contributed by atoms with Crippen LogP contribution in [-0.2, 0) is 9.47 Å². The summed E-state index contributed by atoms with van der Waals surface area (Å²) in [7, 11) is 5.12. The van der Waals surface area contributed by atoms with Gasteiger partial charge in [-0.3, -0.25) is 4.90 Å². The van der Waals surface area contributed by atoms with Crippen LogP contribution in [0, 0.1) is 0 Å². The molecule has 0 spiro atoms. The van der Waals surface area contributed by atoms with Gasteiger partial charge in [0.05, 0.1) is 19.3 Å². The van der Waals surface area contributed by atoms with Gasteiger partial charge in [0.25, 0.3) is 0 Å². The fourth-order valence-electron chi connectivity index (χ4n) is 2.77. The molecule has 0 aromatic heterocycles. The summed E-state index contributed by atoms with van der Waals surface area (Å²) in [6, 6.07) is 7.81. The lowest BCUT2D eigenvalue weighted by molar-refractivity contribution is -0.00461. The molecule has 1 aliphatic rings. The number of nitrogens with two attached hydrogens (primary N) is 1. The third-order valence-corrected chi connectivity index (χ3v) is 3.89. The van der Waals surface area contributed by atoms with Gasteiger partial charge in [-0.2, -0.15) is 0 Å². The van der Waals surface area contributed by atoms with Crippen LogP contribution in [0.2, 0.25) is 0 Å². The summed E-state index contributed by atoms with van der Waals surface area (Å²) < 4.78 is 16.3. The molecule has 1 heterocycles. The normalized spacial score (nSPS) is 24.8. The predicted molar refractivity (Wildman–Crippen MR) is 78.0 cm³/mol. The molecule has 0 bridgehead atoms. The number of para-hydroxylation sites is 1. The Morgan fingerprint density at radius 2 is 1.75 bits per heavy atom. The number of benzene rings is 1. The number of likely N-dealkylation sites (tertiary alicyclic amines) is 1. The van der Waals surface area contributed by atoms with Gasteiger partial charge in [0.2, 0.25) is 0 Å². The zero-order valence-corrected chi connectivity index (χ0v) is 12.4. The van der Waals surface area contributed by atoms with Crippen molar-refractivity contribution in [2.75, 3.05) is 41.0 Å². The van der Waals surface area contributed by atoms with Gasteiger partial charge in [0.15, 0.2) is 0 Å². The van der Waals surface area contributed by atoms with E-state index in [2.05, 4.69) is 4.90 Å². The first-order valence-corrected chi connectivity index (χ1v) is 6.86. The number of methoxy groups -OCH3 is 3. The second-order valence-electron chi connectivity index (χ2n) is 5.12. The summed E-state index contributed by atoms with van der Waals surface area (Å²) in [4.78, 5) is 2.28. The van der Waals surface area contributed by atoms with Gasteiger partial charge < -0.3 is 19.9 Å². The molecule has 1 aromatic carbocycles. The molecule has 1 aromatic rings. The van der Waals surface area contributed by atoms with Crippen LogP contribution in [0.4, 0.5) is 0 Å². The topological polar surface area (TPSA) is 57.0 Å². The van der Waals surface area contributed by atoms with E-state index >= 15 is 0 Å². The summed E-state index contributed by atoms with van der Waals surface area (Å²) in [5.74, 6) is 0.839. The maximum absolute atomic E-state index is 6.32. The Labute approximate surface area is 120 Å². The Balaban J connectivity index is 2.00. The Kier molecular flexibility index (Phi) is 5.37. The minimum atomic E-state index is -0.0840. The van der Waals surface area contributed by atoms with Crippen LogP contribution in [0.1, 0.15) is 11.6 Å². The SMILES string of the molecule is COc1ccccc1C(N)CN1CC(OC)C(OC)C1. The monoisotopic (exact) mass is 280 g/mol. The van der Waals surface area contributed by atoms with E-state index < -0.39 is 0 Å². The highest BCUT2D eigenvalue weighted by Gasteiger charge is 2.33. The third-order valence-electron chi connectivity index (χ3n) is 3.89. The highest BCUT2D eigenvalue weighted by atomic mass is 16.5. The van der Waals surface area contributed by atoms with Crippen molar-refractivity contribution in [3.8, 4) is 5.75 Å². The van der Waals surface area contributed by atoms with Gasteiger partial charge in [-0.15, -0.1) is 0 Å². The largest absolute Gasteiger partial charge is 0.496 e. The fraction of sp³-hybridized carbons (Fsp3) is 0.600. The van der Waals surface area contributed by atoms with Crippen LogP contribution >= 0.6 is 0 Å². The number of rotatable bonds is 6. The summed E-state index contributed by atoms with van der Waals surface area (Å²) in [5.41, 5.74) is 7.35. The Morgan fingerprint density at radius 3 is 2.30 bits per heavy atom. The summed E-state index contributed by atoms with van der Waals surface area (Å²) in [5, 5.41) is 0. The van der Waals surface area contributed by atoms with E-state index in [0.29, 0.717) is 0 Å². The molecule has 5 heteroatoms. The molecule has 2 N–H and O–H groups in total. The maximum atomic E-state index is 6.32. The molecular weight excluding hydrogens is 256 g/mol. The average molecular weight is 280 g/mol. The van der Waals surface area contributed by atoms with Crippen LogP contribution in [-0.4, -0.2) is 58.1 Å². The van der Waals surface area contributed by atoms with Crippen molar-refractivity contribution in [2.45, 2.75) is 18.2 Å². The van der Waals surface area contributed by atoms with Crippen molar-refractivity contribution in [1.29, 1.82) is 0 Å². The molecule has 5 nitrogen and oxygen atoms in total. The quantitative estimate of drug-likeness (QED) is 0.844. The molecule has 1 saturated heterocycles. The van der Waals surface area contributed by atoms with Gasteiger partial charge >= 0.3 is 0 Å². The van der Waals surface area contributed by atoms with Gasteiger partial charge in [-0.1, -0.05) is 18.2 Å². The van der Waals surface area contributed by atoms with Gasteiger partial charge in [0.1, 0.15) is 5.75 Å². The molecule has 0 saturated carbocycles. The maximum Gasteiger partial charge on any atom is 0.123 e. The molecule has 112 valence electrons. The molecule has 0 aliphatic carbocycles. The van der Waals surface area contributed by atoms with E-state index in [0.717, 1.165) is 30.9 Å². The highest BCUT2D eigenvalue weighted by Crippen LogP contribution is 2.25. The molecule has 3 atom stereocenters. The average Bonchev–Trinajstić information content (AvgIpc) is 2.89. The lowest BCUT2D eigenvalue weighted by atomic mass is 10.1. The van der Waals surface area contributed by atoms with E-state index in [4.69, 9.17) is 19.9 Å². The third kappa shape index (κ3) is 3.30. The molecule has 3 unspecified atom stereocenters. The van der Waals surface area contributed by atoms with Crippen molar-refractivity contribution >= 4 is 0 Å². The van der Waals surface area contributed by atoms with Crippen molar-refractivity contribution in [3.63, 3.8) is 0 Å². The van der Waals surface area contributed by atoms with Crippen molar-refractivity contribution < 1.29 is 14.2 Å². The van der Waals surface area contributed by atoms with Crippen molar-refractivity contribution in [1.82, 2.24) is 4.90 Å². The van der Waals surface area contributed by atoms with E-state index in [9.17, 15) is 0 Å². The van der Waals surface area contributed by atoms with Crippen LogP contribution in [0.15, 0.2) is 24.3 Å². The molecule has 1 fully saturated rings. The highest BCUT2D eigenvalue weighted by molar-refractivity contribution is 5.35. The summed E-state index contributed by atoms with van der Waals surface area (Å²) in [6.07, 6.45) is 0.231. The van der Waals surface area contributed by atoms with Crippen molar-refractivity contribution in [3.05, 3.63) is 29.8 Å². The second-order valence-corrected chi connectivity index (χ2v) is 5.12. The lowest BCUT2D eigenvalue weighted by Gasteiger charge is -2.22. The van der Waals surface area contributed by atoms with Crippen LogP contribution in [0.3, 0.4) is 0 Å². The summed E-state index contributed by atoms with van der Waals surface area (Å²) >= 11 is 0. The predicted octanol–water partition coefficient (Wildman–Crippen LogP) is 1.04. The van der Waals surface area contributed by atoms with Crippen LogP contribution < -0.4 is 10.5 Å². The van der Waals surface area contributed by atoms with Gasteiger partial charge in [-0.25, -0.2) is 0 Å². The molecule has 0 radical (unpaired) electrons. The molecule has 20 heavy (non-hydrogen) atoms. The minimum absolute atomic E-state index is 0.0840. The van der Waals surface area contributed by atoms with Crippen molar-refractivity contribution in [2.24, 2.45) is 5.73 Å². The fourth-order valence-corrected chi connectivity index (χ4v) is 2.77. The number of nitrogens with zero attached hydrogens (tertiary/aromatic N) is 1. The molecular formula is C15H24N2O3. The van der Waals surface area contributed by atoms with E-state index in [1.165, 1.54) is 0 Å². The molecule has 2 rings (SSSR count). The van der Waals surface area contributed by atoms with Crippen LogP contribution in [0.5, 0.6) is 5.75 Å². The zero-order chi connectivity index (χ0) is 14.5. The minimum Gasteiger partial charge on any atom is -0.496 e. The Morgan fingerprint density at radius 1 is 1.15 bits per heavy atom. The zero-order valence-electron chi connectivity index (χ0n) is 12.4. The van der Waals surface area contributed by atoms with E-state index in [-0.39, 0.29) is 18.2 Å². The number of ether oxygens (including phenoxy) is 3. The number of hydrogen-bond donors (Lipinski definition) is 1. The summed E-state index contributed by atoms with van der Waals surface area (Å²) in [6.45, 7) is 2.45. The Hall–Kier alpha value is -1.14. The first kappa shape index (κ1) is 15.3. The second kappa shape index (κ2) is 7.04. The smallest absolute Gasteiger partial charge is 0.123 e. The first-order valence-electron chi connectivity index (χ1n) is 6.86. The number of hydrogen-bond acceptors (Lipinski definition) is 5. The van der Waals surface area contributed by atoms with E-state index in [1.54, 1.807) is 21.3 Å². The van der Waals surface area contributed by atoms with E-state index in [1.807, 2.05) is 24.3 Å². The molecule has 0 amide bonds. The van der Waals surface area contributed by atoms with Gasteiger partial charge in [-0.05, 0) is 6.07 Å². The lowest BCUT2D eigenvalue weighted by Crippen LogP contribution is -2.31.